The fourth-order valence-electron chi connectivity index (χ4n) is 2.58. The summed E-state index contributed by atoms with van der Waals surface area (Å²) in [5, 5.41) is 12.3. The molecule has 2 rings (SSSR count). The van der Waals surface area contributed by atoms with Gasteiger partial charge in [-0.1, -0.05) is 42.5 Å². The molecule has 0 heterocycles. The molecule has 140 valence electrons. The van der Waals surface area contributed by atoms with E-state index in [4.69, 9.17) is 5.26 Å². The number of nitriles is 1. The first-order valence-electron chi connectivity index (χ1n) is 8.51. The van der Waals surface area contributed by atoms with Gasteiger partial charge in [0.25, 0.3) is 0 Å². The van der Waals surface area contributed by atoms with Crippen molar-refractivity contribution in [2.75, 3.05) is 6.54 Å². The van der Waals surface area contributed by atoms with Crippen molar-refractivity contribution in [3.8, 4) is 6.07 Å². The fraction of sp³-hybridized carbons (Fsp3) is 0.238. The lowest BCUT2D eigenvalue weighted by Crippen LogP contribution is -2.40. The van der Waals surface area contributed by atoms with E-state index < -0.39 is 15.3 Å². The number of benzene rings is 2. The minimum Gasteiger partial charge on any atom is -0.355 e. The van der Waals surface area contributed by atoms with Crippen LogP contribution in [0.25, 0.3) is 0 Å². The lowest BCUT2D eigenvalue weighted by atomic mass is 9.83. The lowest BCUT2D eigenvalue weighted by molar-refractivity contribution is -0.125. The second-order valence-electron chi connectivity index (χ2n) is 6.62. The van der Waals surface area contributed by atoms with Crippen LogP contribution in [-0.2, 0) is 26.5 Å². The number of carbonyl (C=O) groups excluding carboxylic acids is 1. The van der Waals surface area contributed by atoms with Crippen LogP contribution in [0, 0.1) is 11.3 Å². The Morgan fingerprint density at radius 3 is 2.33 bits per heavy atom. The number of amides is 1. The number of sulfone groups is 1. The van der Waals surface area contributed by atoms with Crippen LogP contribution in [0.3, 0.4) is 0 Å². The molecule has 1 amide bonds. The average molecular weight is 382 g/mol. The van der Waals surface area contributed by atoms with Crippen molar-refractivity contribution in [2.24, 2.45) is 0 Å². The standard InChI is InChI=1S/C21H22N2O3S/c1-21(2,20(24)23-15-13-17-7-4-3-5-8-17)18-9-11-19(12-10-18)27(25,26)16-6-14-22/h3-12,16H,13,15H2,1-2H3,(H,23,24). The van der Waals surface area contributed by atoms with E-state index in [2.05, 4.69) is 5.32 Å². The SMILES string of the molecule is CC(C)(C(=O)NCCc1ccccc1)c1ccc(S(=O)(=O)C=CC#N)cc1. The number of nitrogens with zero attached hydrogens (tertiary/aromatic N) is 1. The van der Waals surface area contributed by atoms with Gasteiger partial charge in [0.05, 0.1) is 16.4 Å². The molecule has 0 radical (unpaired) electrons. The molecule has 0 aliphatic carbocycles. The molecule has 2 aromatic rings. The smallest absolute Gasteiger partial charge is 0.230 e. The van der Waals surface area contributed by atoms with Gasteiger partial charge in [0.15, 0.2) is 0 Å². The van der Waals surface area contributed by atoms with Gasteiger partial charge in [-0.05, 0) is 43.5 Å². The zero-order valence-corrected chi connectivity index (χ0v) is 16.2. The zero-order valence-electron chi connectivity index (χ0n) is 15.3. The Morgan fingerprint density at radius 2 is 1.74 bits per heavy atom. The molecule has 0 saturated carbocycles. The summed E-state index contributed by atoms with van der Waals surface area (Å²) >= 11 is 0. The first kappa shape index (κ1) is 20.4. The van der Waals surface area contributed by atoms with Gasteiger partial charge in [0.2, 0.25) is 15.7 Å². The van der Waals surface area contributed by atoms with E-state index in [0.29, 0.717) is 12.1 Å². The predicted octanol–water partition coefficient (Wildman–Crippen LogP) is 3.13. The summed E-state index contributed by atoms with van der Waals surface area (Å²) in [4.78, 5) is 12.7. The molecule has 5 nitrogen and oxygen atoms in total. The highest BCUT2D eigenvalue weighted by molar-refractivity contribution is 7.94. The normalized spacial score (nSPS) is 11.9. The van der Waals surface area contributed by atoms with Crippen molar-refractivity contribution in [2.45, 2.75) is 30.6 Å². The van der Waals surface area contributed by atoms with Crippen molar-refractivity contribution in [3.05, 3.63) is 77.2 Å². The van der Waals surface area contributed by atoms with E-state index in [1.165, 1.54) is 12.1 Å². The molecule has 0 atom stereocenters. The van der Waals surface area contributed by atoms with E-state index in [-0.39, 0.29) is 10.8 Å². The molecule has 0 aliphatic heterocycles. The summed E-state index contributed by atoms with van der Waals surface area (Å²) in [5.74, 6) is -0.126. The van der Waals surface area contributed by atoms with Crippen LogP contribution >= 0.6 is 0 Å². The third-order valence-corrected chi connectivity index (χ3v) is 5.76. The van der Waals surface area contributed by atoms with E-state index in [1.807, 2.05) is 30.3 Å². The number of carbonyl (C=O) groups is 1. The van der Waals surface area contributed by atoms with E-state index in [1.54, 1.807) is 32.0 Å². The van der Waals surface area contributed by atoms with Gasteiger partial charge < -0.3 is 5.32 Å². The van der Waals surface area contributed by atoms with Crippen LogP contribution in [0.1, 0.15) is 25.0 Å². The van der Waals surface area contributed by atoms with Gasteiger partial charge in [-0.2, -0.15) is 5.26 Å². The fourth-order valence-corrected chi connectivity index (χ4v) is 3.49. The van der Waals surface area contributed by atoms with E-state index in [9.17, 15) is 13.2 Å². The maximum Gasteiger partial charge on any atom is 0.230 e. The quantitative estimate of drug-likeness (QED) is 0.745. The summed E-state index contributed by atoms with van der Waals surface area (Å²) in [6.07, 6.45) is 1.67. The molecule has 0 unspecified atom stereocenters. The Balaban J connectivity index is 2.06. The van der Waals surface area contributed by atoms with Crippen LogP contribution in [0.4, 0.5) is 0 Å². The number of nitrogens with one attached hydrogen (secondary N) is 1. The Hall–Kier alpha value is -2.91. The first-order valence-corrected chi connectivity index (χ1v) is 10.1. The maximum atomic E-state index is 12.6. The van der Waals surface area contributed by atoms with Crippen LogP contribution in [0.2, 0.25) is 0 Å². The number of rotatable bonds is 7. The highest BCUT2D eigenvalue weighted by Gasteiger charge is 2.29. The minimum atomic E-state index is -3.65. The van der Waals surface area contributed by atoms with Crippen molar-refractivity contribution in [1.82, 2.24) is 5.32 Å². The van der Waals surface area contributed by atoms with Gasteiger partial charge in [-0.15, -0.1) is 0 Å². The van der Waals surface area contributed by atoms with Gasteiger partial charge in [0, 0.05) is 18.0 Å². The van der Waals surface area contributed by atoms with Gasteiger partial charge in [0.1, 0.15) is 0 Å². The first-order chi connectivity index (χ1) is 12.8. The highest BCUT2D eigenvalue weighted by Crippen LogP contribution is 2.25. The molecule has 0 spiro atoms. The lowest BCUT2D eigenvalue weighted by Gasteiger charge is -2.24. The molecule has 0 fully saturated rings. The van der Waals surface area contributed by atoms with Gasteiger partial charge in [-0.3, -0.25) is 4.79 Å². The number of hydrogen-bond acceptors (Lipinski definition) is 4. The third kappa shape index (κ3) is 5.28. The van der Waals surface area contributed by atoms with Crippen LogP contribution in [0.15, 0.2) is 71.0 Å². The highest BCUT2D eigenvalue weighted by atomic mass is 32.2. The predicted molar refractivity (Wildman–Crippen MR) is 105 cm³/mol. The Morgan fingerprint density at radius 1 is 1.11 bits per heavy atom. The second-order valence-corrected chi connectivity index (χ2v) is 8.45. The number of allylic oxidation sites excluding steroid dienone is 1. The molecule has 0 bridgehead atoms. The molecule has 2 aromatic carbocycles. The summed E-state index contributed by atoms with van der Waals surface area (Å²) in [5.41, 5.74) is 1.06. The maximum absolute atomic E-state index is 12.6. The monoisotopic (exact) mass is 382 g/mol. The molecule has 0 saturated heterocycles. The Labute approximate surface area is 160 Å². The van der Waals surface area contributed by atoms with Crippen LogP contribution < -0.4 is 5.32 Å². The van der Waals surface area contributed by atoms with Gasteiger partial charge >= 0.3 is 0 Å². The zero-order chi connectivity index (χ0) is 19.9. The Bertz CT molecular complexity index is 955. The molecular formula is C21H22N2O3S. The van der Waals surface area contributed by atoms with Crippen molar-refractivity contribution in [3.63, 3.8) is 0 Å². The molecular weight excluding hydrogens is 360 g/mol. The minimum absolute atomic E-state index is 0.0815. The van der Waals surface area contributed by atoms with E-state index >= 15 is 0 Å². The molecule has 0 aliphatic rings. The largest absolute Gasteiger partial charge is 0.355 e. The Kier molecular flexibility index (Phi) is 6.54. The average Bonchev–Trinajstić information content (AvgIpc) is 2.67. The summed E-state index contributed by atoms with van der Waals surface area (Å²) < 4.78 is 24.1. The summed E-state index contributed by atoms with van der Waals surface area (Å²) in [6, 6.07) is 17.7. The molecule has 27 heavy (non-hydrogen) atoms. The van der Waals surface area contributed by atoms with Crippen LogP contribution in [0.5, 0.6) is 0 Å². The molecule has 6 heteroatoms. The summed E-state index contributed by atoms with van der Waals surface area (Å²) in [7, 11) is -3.65. The topological polar surface area (TPSA) is 87.0 Å². The van der Waals surface area contributed by atoms with E-state index in [0.717, 1.165) is 23.5 Å². The van der Waals surface area contributed by atoms with Crippen LogP contribution in [-0.4, -0.2) is 20.9 Å². The second kappa shape index (κ2) is 8.65. The third-order valence-electron chi connectivity index (χ3n) is 4.34. The van der Waals surface area contributed by atoms with Crippen molar-refractivity contribution < 1.29 is 13.2 Å². The van der Waals surface area contributed by atoms with Crippen molar-refractivity contribution in [1.29, 1.82) is 5.26 Å². The van der Waals surface area contributed by atoms with Crippen molar-refractivity contribution >= 4 is 15.7 Å². The summed E-state index contributed by atoms with van der Waals surface area (Å²) in [6.45, 7) is 4.12. The van der Waals surface area contributed by atoms with Gasteiger partial charge in [-0.25, -0.2) is 8.42 Å². The number of hydrogen-bond donors (Lipinski definition) is 1. The molecule has 1 N–H and O–H groups in total. The molecule has 0 aromatic heterocycles.